The predicted molar refractivity (Wildman–Crippen MR) is 140 cm³/mol. The third kappa shape index (κ3) is 6.30. The summed E-state index contributed by atoms with van der Waals surface area (Å²) in [4.78, 5) is 39.3. The van der Waals surface area contributed by atoms with Crippen molar-refractivity contribution < 1.29 is 27.7 Å². The second-order valence-electron chi connectivity index (χ2n) is 8.69. The van der Waals surface area contributed by atoms with E-state index in [1.807, 2.05) is 6.92 Å². The van der Waals surface area contributed by atoms with Gasteiger partial charge in [0.15, 0.2) is 0 Å². The molecule has 0 saturated carbocycles. The van der Waals surface area contributed by atoms with E-state index in [1.165, 1.54) is 29.2 Å². The molecule has 7 nitrogen and oxygen atoms in total. The molecule has 0 spiro atoms. The fraction of sp³-hybridized carbons (Fsp3) is 0.103. The van der Waals surface area contributed by atoms with Crippen LogP contribution in [0.25, 0.3) is 0 Å². The van der Waals surface area contributed by atoms with Gasteiger partial charge in [-0.1, -0.05) is 48.0 Å². The maximum absolute atomic E-state index is 13.9. The maximum atomic E-state index is 13.9. The zero-order chi connectivity index (χ0) is 28.2. The molecule has 0 bridgehead atoms. The molecule has 0 saturated heterocycles. The van der Waals surface area contributed by atoms with E-state index in [0.29, 0.717) is 11.3 Å². The van der Waals surface area contributed by atoms with Gasteiger partial charge in [0.05, 0.1) is 10.5 Å². The Morgan fingerprint density at radius 2 is 1.44 bits per heavy atom. The van der Waals surface area contributed by atoms with Crippen LogP contribution in [0.4, 0.5) is 30.2 Å². The Labute approximate surface area is 221 Å². The topological polar surface area (TPSA) is 92.6 Å². The van der Waals surface area contributed by atoms with Crippen LogP contribution in [0.1, 0.15) is 33.1 Å². The zero-order valence-corrected chi connectivity index (χ0v) is 20.6. The van der Waals surface area contributed by atoms with Gasteiger partial charge < -0.3 is 5.32 Å². The monoisotopic (exact) mass is 533 g/mol. The number of carbonyl (C=O) groups excluding carboxylic acids is 2. The first-order chi connectivity index (χ1) is 18.5. The third-order valence-corrected chi connectivity index (χ3v) is 5.96. The minimum atomic E-state index is -4.57. The van der Waals surface area contributed by atoms with Crippen LogP contribution < -0.4 is 10.2 Å². The molecule has 0 aliphatic carbocycles. The van der Waals surface area contributed by atoms with Gasteiger partial charge in [0, 0.05) is 29.1 Å². The van der Waals surface area contributed by atoms with E-state index in [9.17, 15) is 32.9 Å². The Hall–Kier alpha value is -4.99. The maximum Gasteiger partial charge on any atom is 0.416 e. The summed E-state index contributed by atoms with van der Waals surface area (Å²) < 4.78 is 39.4. The number of carbonyl (C=O) groups is 2. The number of nitro benzene ring substituents is 1. The van der Waals surface area contributed by atoms with Crippen molar-refractivity contribution in [3.63, 3.8) is 0 Å². The summed E-state index contributed by atoms with van der Waals surface area (Å²) in [6, 6.07) is 23.0. The molecule has 0 aliphatic heterocycles. The minimum Gasteiger partial charge on any atom is -0.324 e. The predicted octanol–water partition coefficient (Wildman–Crippen LogP) is 6.95. The number of benzene rings is 4. The zero-order valence-electron chi connectivity index (χ0n) is 20.6. The number of nitro groups is 1. The van der Waals surface area contributed by atoms with Gasteiger partial charge >= 0.3 is 6.18 Å². The summed E-state index contributed by atoms with van der Waals surface area (Å²) in [7, 11) is 0. The highest BCUT2D eigenvalue weighted by atomic mass is 19.4. The number of anilines is 2. The van der Waals surface area contributed by atoms with Crippen LogP contribution in [0.5, 0.6) is 0 Å². The molecule has 4 aromatic rings. The van der Waals surface area contributed by atoms with Crippen molar-refractivity contribution in [2.75, 3.05) is 10.2 Å². The molecule has 10 heteroatoms. The van der Waals surface area contributed by atoms with Gasteiger partial charge in [-0.2, -0.15) is 13.2 Å². The first-order valence-corrected chi connectivity index (χ1v) is 11.7. The number of nitrogens with one attached hydrogen (secondary N) is 1. The molecule has 4 rings (SSSR count). The molecule has 0 heterocycles. The Morgan fingerprint density at radius 1 is 0.846 bits per heavy atom. The SMILES string of the molecule is Cc1ccc(N(C(=O)c2ccc(C(F)(F)F)cc2)C(C(=O)Nc2ccc([N+](=O)[O-])cc2)c2ccccc2)cc1. The highest BCUT2D eigenvalue weighted by Crippen LogP contribution is 2.33. The number of rotatable bonds is 7. The van der Waals surface area contributed by atoms with Crippen LogP contribution in [-0.2, 0) is 11.0 Å². The number of non-ortho nitro benzene ring substituents is 1. The summed E-state index contributed by atoms with van der Waals surface area (Å²) in [5, 5.41) is 13.7. The Kier molecular flexibility index (Phi) is 7.75. The second kappa shape index (κ2) is 11.2. The van der Waals surface area contributed by atoms with Gasteiger partial charge in [0.25, 0.3) is 17.5 Å². The van der Waals surface area contributed by atoms with Crippen molar-refractivity contribution >= 4 is 28.9 Å². The standard InChI is InChI=1S/C29H22F3N3O4/c1-19-7-15-24(16-8-19)34(28(37)21-9-11-22(12-10-21)29(30,31)32)26(20-5-3-2-4-6-20)27(36)33-23-13-17-25(18-14-23)35(38)39/h2-18,26H,1H3,(H,33,36). The van der Waals surface area contributed by atoms with Crippen molar-refractivity contribution in [1.29, 1.82) is 0 Å². The number of halogens is 3. The van der Waals surface area contributed by atoms with E-state index in [0.717, 1.165) is 29.8 Å². The molecule has 0 radical (unpaired) electrons. The summed E-state index contributed by atoms with van der Waals surface area (Å²) >= 11 is 0. The summed E-state index contributed by atoms with van der Waals surface area (Å²) in [6.45, 7) is 1.85. The second-order valence-corrected chi connectivity index (χ2v) is 8.69. The normalized spacial score (nSPS) is 11.9. The first-order valence-electron chi connectivity index (χ1n) is 11.7. The van der Waals surface area contributed by atoms with Crippen molar-refractivity contribution in [3.8, 4) is 0 Å². The van der Waals surface area contributed by atoms with E-state index < -0.39 is 34.5 Å². The summed E-state index contributed by atoms with van der Waals surface area (Å²) in [5.74, 6) is -1.32. The lowest BCUT2D eigenvalue weighted by Gasteiger charge is -2.32. The summed E-state index contributed by atoms with van der Waals surface area (Å²) in [5.41, 5.74) is 0.830. The molecule has 198 valence electrons. The van der Waals surface area contributed by atoms with Crippen molar-refractivity contribution in [2.45, 2.75) is 19.1 Å². The number of amides is 2. The Morgan fingerprint density at radius 3 is 1.97 bits per heavy atom. The molecule has 4 aromatic carbocycles. The van der Waals surface area contributed by atoms with Gasteiger partial charge in [-0.05, 0) is 61.0 Å². The molecule has 1 unspecified atom stereocenters. The molecule has 1 N–H and O–H groups in total. The van der Waals surface area contributed by atoms with Crippen LogP contribution in [0, 0.1) is 17.0 Å². The van der Waals surface area contributed by atoms with Crippen LogP contribution in [-0.4, -0.2) is 16.7 Å². The van der Waals surface area contributed by atoms with Crippen molar-refractivity contribution in [2.24, 2.45) is 0 Å². The molecule has 0 aromatic heterocycles. The average Bonchev–Trinajstić information content (AvgIpc) is 2.92. The van der Waals surface area contributed by atoms with Gasteiger partial charge in [-0.3, -0.25) is 24.6 Å². The lowest BCUT2D eigenvalue weighted by molar-refractivity contribution is -0.384. The number of nitrogens with zero attached hydrogens (tertiary/aromatic N) is 2. The van der Waals surface area contributed by atoms with E-state index in [-0.39, 0.29) is 16.9 Å². The molecule has 2 amide bonds. The van der Waals surface area contributed by atoms with Crippen molar-refractivity contribution in [3.05, 3.63) is 135 Å². The van der Waals surface area contributed by atoms with E-state index in [4.69, 9.17) is 0 Å². The van der Waals surface area contributed by atoms with E-state index >= 15 is 0 Å². The van der Waals surface area contributed by atoms with E-state index in [1.54, 1.807) is 54.6 Å². The van der Waals surface area contributed by atoms with Crippen LogP contribution in [0.2, 0.25) is 0 Å². The Bertz CT molecular complexity index is 1470. The fourth-order valence-electron chi connectivity index (χ4n) is 3.96. The molecular weight excluding hydrogens is 511 g/mol. The number of hydrogen-bond donors (Lipinski definition) is 1. The van der Waals surface area contributed by atoms with Crippen molar-refractivity contribution in [1.82, 2.24) is 0 Å². The number of hydrogen-bond acceptors (Lipinski definition) is 4. The molecule has 1 atom stereocenters. The fourth-order valence-corrected chi connectivity index (χ4v) is 3.96. The van der Waals surface area contributed by atoms with E-state index in [2.05, 4.69) is 5.32 Å². The largest absolute Gasteiger partial charge is 0.416 e. The lowest BCUT2D eigenvalue weighted by Crippen LogP contribution is -2.41. The van der Waals surface area contributed by atoms with Gasteiger partial charge in [-0.15, -0.1) is 0 Å². The molecule has 0 fully saturated rings. The van der Waals surface area contributed by atoms with Crippen LogP contribution in [0.15, 0.2) is 103 Å². The van der Waals surface area contributed by atoms with Gasteiger partial charge in [0.1, 0.15) is 6.04 Å². The number of aryl methyl sites for hydroxylation is 1. The van der Waals surface area contributed by atoms with Crippen LogP contribution >= 0.6 is 0 Å². The first kappa shape index (κ1) is 27.1. The highest BCUT2D eigenvalue weighted by Gasteiger charge is 2.35. The Balaban J connectivity index is 1.79. The smallest absolute Gasteiger partial charge is 0.324 e. The third-order valence-electron chi connectivity index (χ3n) is 5.96. The molecule has 39 heavy (non-hydrogen) atoms. The highest BCUT2D eigenvalue weighted by molar-refractivity contribution is 6.12. The summed E-state index contributed by atoms with van der Waals surface area (Å²) in [6.07, 6.45) is -4.57. The number of alkyl halides is 3. The lowest BCUT2D eigenvalue weighted by atomic mass is 10.0. The van der Waals surface area contributed by atoms with Gasteiger partial charge in [0.2, 0.25) is 0 Å². The van der Waals surface area contributed by atoms with Crippen LogP contribution in [0.3, 0.4) is 0 Å². The quantitative estimate of drug-likeness (QED) is 0.206. The average molecular weight is 534 g/mol. The minimum absolute atomic E-state index is 0.0485. The molecular formula is C29H22F3N3O4. The molecule has 0 aliphatic rings. The van der Waals surface area contributed by atoms with Gasteiger partial charge in [-0.25, -0.2) is 0 Å².